The van der Waals surface area contributed by atoms with Gasteiger partial charge in [-0.05, 0) is 37.6 Å². The number of hydrogen-bond donors (Lipinski definition) is 1. The van der Waals surface area contributed by atoms with Gasteiger partial charge in [0.2, 0.25) is 5.89 Å². The summed E-state index contributed by atoms with van der Waals surface area (Å²) in [4.78, 5) is 16.3. The molecule has 0 aliphatic rings. The monoisotopic (exact) mass is 414 g/mol. The van der Waals surface area contributed by atoms with E-state index in [1.165, 1.54) is 22.8 Å². The molecule has 0 amide bonds. The third-order valence-electron chi connectivity index (χ3n) is 4.45. The largest absolute Gasteiger partial charge is 0.420 e. The quantitative estimate of drug-likeness (QED) is 0.533. The second kappa shape index (κ2) is 6.89. The normalized spacial score (nSPS) is 11.8. The lowest BCUT2D eigenvalue weighted by atomic mass is 10.1. The van der Waals surface area contributed by atoms with Crippen LogP contribution in [-0.4, -0.2) is 23.1 Å². The summed E-state index contributed by atoms with van der Waals surface area (Å²) in [6.07, 6.45) is 0. The van der Waals surface area contributed by atoms with Crippen molar-refractivity contribution < 1.29 is 17.4 Å². The molecule has 0 aliphatic carbocycles. The van der Waals surface area contributed by atoms with E-state index in [-0.39, 0.29) is 17.0 Å². The lowest BCUT2D eigenvalue weighted by molar-refractivity contribution is 0.385. The number of anilines is 1. The van der Waals surface area contributed by atoms with Gasteiger partial charge in [-0.2, -0.15) is 4.98 Å². The van der Waals surface area contributed by atoms with Gasteiger partial charge in [-0.15, -0.1) is 0 Å². The minimum absolute atomic E-state index is 0.0127. The highest BCUT2D eigenvalue weighted by Crippen LogP contribution is 2.23. The van der Waals surface area contributed by atoms with Crippen LogP contribution in [-0.2, 0) is 16.6 Å². The molecule has 1 N–H and O–H groups in total. The van der Waals surface area contributed by atoms with Crippen molar-refractivity contribution in [1.82, 2.24) is 14.7 Å². The van der Waals surface area contributed by atoms with Gasteiger partial charge in [-0.1, -0.05) is 22.9 Å². The zero-order chi connectivity index (χ0) is 20.8. The number of aryl methyl sites for hydroxylation is 3. The van der Waals surface area contributed by atoms with E-state index < -0.39 is 15.8 Å². The topological polar surface area (TPSA) is 120 Å². The summed E-state index contributed by atoms with van der Waals surface area (Å²) in [5.41, 5.74) is 2.92. The highest BCUT2D eigenvalue weighted by molar-refractivity contribution is 7.92. The average molecular weight is 414 g/mol. The molecule has 0 radical (unpaired) electrons. The van der Waals surface area contributed by atoms with E-state index in [1.54, 1.807) is 13.0 Å². The van der Waals surface area contributed by atoms with Gasteiger partial charge < -0.3 is 8.94 Å². The lowest BCUT2D eigenvalue weighted by Crippen LogP contribution is -2.16. The minimum atomic E-state index is -3.86. The summed E-state index contributed by atoms with van der Waals surface area (Å²) < 4.78 is 39.6. The number of oxazole rings is 1. The summed E-state index contributed by atoms with van der Waals surface area (Å²) in [6, 6.07) is 9.68. The van der Waals surface area contributed by atoms with Crippen LogP contribution < -0.4 is 10.5 Å². The fourth-order valence-electron chi connectivity index (χ4n) is 3.04. The fraction of sp³-hybridized carbons (Fsp3) is 0.211. The maximum Gasteiger partial charge on any atom is 0.420 e. The van der Waals surface area contributed by atoms with Gasteiger partial charge in [-0.3, -0.25) is 9.29 Å². The van der Waals surface area contributed by atoms with Gasteiger partial charge in [0.05, 0.1) is 22.6 Å². The fourth-order valence-corrected chi connectivity index (χ4v) is 4.19. The van der Waals surface area contributed by atoms with Crippen molar-refractivity contribution in [2.75, 3.05) is 4.72 Å². The van der Waals surface area contributed by atoms with E-state index in [0.717, 1.165) is 11.1 Å². The SMILES string of the molecule is Cc1ccc(NS(=O)(=O)c2ccc3c(c2)oc(=O)n3Cc2noc(C)n2)c(C)c1. The maximum absolute atomic E-state index is 12.8. The number of aromatic nitrogens is 3. The molecule has 0 saturated carbocycles. The second-order valence-corrected chi connectivity index (χ2v) is 8.42. The van der Waals surface area contributed by atoms with Crippen molar-refractivity contribution in [2.45, 2.75) is 32.2 Å². The summed E-state index contributed by atoms with van der Waals surface area (Å²) in [7, 11) is -3.86. The van der Waals surface area contributed by atoms with Crippen LogP contribution in [0.3, 0.4) is 0 Å². The number of hydrogen-bond acceptors (Lipinski definition) is 7. The average Bonchev–Trinajstić information content (AvgIpc) is 3.20. The number of benzene rings is 2. The second-order valence-electron chi connectivity index (χ2n) is 6.74. The lowest BCUT2D eigenvalue weighted by Gasteiger charge is -2.11. The number of fused-ring (bicyclic) bond motifs is 1. The molecule has 2 aromatic carbocycles. The Balaban J connectivity index is 1.69. The standard InChI is InChI=1S/C19H18N4O5S/c1-11-4-6-15(12(2)8-11)22-29(25,26)14-5-7-16-17(9-14)27-19(24)23(16)10-18-20-13(3)28-21-18/h4-9,22H,10H2,1-3H3. The van der Waals surface area contributed by atoms with Crippen LogP contribution in [0.5, 0.6) is 0 Å². The van der Waals surface area contributed by atoms with E-state index >= 15 is 0 Å². The molecule has 0 spiro atoms. The predicted molar refractivity (Wildman–Crippen MR) is 105 cm³/mol. The van der Waals surface area contributed by atoms with Crippen LogP contribution in [0, 0.1) is 20.8 Å². The van der Waals surface area contributed by atoms with Crippen molar-refractivity contribution in [2.24, 2.45) is 0 Å². The Kier molecular flexibility index (Phi) is 4.50. The number of nitrogens with one attached hydrogen (secondary N) is 1. The molecule has 4 aromatic rings. The number of sulfonamides is 1. The minimum Gasteiger partial charge on any atom is -0.408 e. The summed E-state index contributed by atoms with van der Waals surface area (Å²) in [6.45, 7) is 5.46. The summed E-state index contributed by atoms with van der Waals surface area (Å²) in [5.74, 6) is 0.0616. The van der Waals surface area contributed by atoms with Crippen molar-refractivity contribution >= 4 is 26.8 Å². The van der Waals surface area contributed by atoms with Crippen LogP contribution in [0.1, 0.15) is 22.8 Å². The van der Waals surface area contributed by atoms with E-state index in [1.807, 2.05) is 26.0 Å². The van der Waals surface area contributed by atoms with Gasteiger partial charge in [0, 0.05) is 13.0 Å². The van der Waals surface area contributed by atoms with E-state index in [9.17, 15) is 13.2 Å². The molecule has 0 saturated heterocycles. The van der Waals surface area contributed by atoms with E-state index in [2.05, 4.69) is 14.9 Å². The van der Waals surface area contributed by atoms with Gasteiger partial charge in [0.25, 0.3) is 10.0 Å². The molecule has 0 atom stereocenters. The molecule has 0 bridgehead atoms. The Morgan fingerprint density at radius 2 is 1.90 bits per heavy atom. The summed E-state index contributed by atoms with van der Waals surface area (Å²) in [5, 5.41) is 3.76. The van der Waals surface area contributed by atoms with E-state index in [0.29, 0.717) is 22.9 Å². The third kappa shape index (κ3) is 3.66. The molecule has 9 nitrogen and oxygen atoms in total. The van der Waals surface area contributed by atoms with Crippen LogP contribution in [0.25, 0.3) is 11.1 Å². The predicted octanol–water partition coefficient (Wildman–Crippen LogP) is 2.75. The molecule has 2 heterocycles. The summed E-state index contributed by atoms with van der Waals surface area (Å²) >= 11 is 0. The van der Waals surface area contributed by atoms with Crippen molar-refractivity contribution in [3.8, 4) is 0 Å². The zero-order valence-corrected chi connectivity index (χ0v) is 16.8. The molecule has 29 heavy (non-hydrogen) atoms. The Morgan fingerprint density at radius 3 is 2.59 bits per heavy atom. The smallest absolute Gasteiger partial charge is 0.408 e. The van der Waals surface area contributed by atoms with Crippen molar-refractivity contribution in [3.63, 3.8) is 0 Å². The van der Waals surface area contributed by atoms with Crippen molar-refractivity contribution in [1.29, 1.82) is 0 Å². The first-order valence-electron chi connectivity index (χ1n) is 8.75. The molecule has 4 rings (SSSR count). The number of nitrogens with zero attached hydrogens (tertiary/aromatic N) is 3. The van der Waals surface area contributed by atoms with Gasteiger partial charge in [-0.25, -0.2) is 13.2 Å². The molecule has 150 valence electrons. The van der Waals surface area contributed by atoms with Gasteiger partial charge >= 0.3 is 5.76 Å². The molecule has 2 aromatic heterocycles. The highest BCUT2D eigenvalue weighted by Gasteiger charge is 2.19. The Labute approximate surface area is 166 Å². The van der Waals surface area contributed by atoms with Crippen LogP contribution >= 0.6 is 0 Å². The molecule has 10 heteroatoms. The Morgan fingerprint density at radius 1 is 1.10 bits per heavy atom. The molecule has 0 unspecified atom stereocenters. The Bertz CT molecular complexity index is 1380. The van der Waals surface area contributed by atoms with Crippen LogP contribution in [0.15, 0.2) is 55.0 Å². The molecular weight excluding hydrogens is 396 g/mol. The van der Waals surface area contributed by atoms with Gasteiger partial charge in [0.15, 0.2) is 11.4 Å². The van der Waals surface area contributed by atoms with Crippen LogP contribution in [0.2, 0.25) is 0 Å². The number of rotatable bonds is 5. The zero-order valence-electron chi connectivity index (χ0n) is 16.0. The maximum atomic E-state index is 12.8. The highest BCUT2D eigenvalue weighted by atomic mass is 32.2. The van der Waals surface area contributed by atoms with E-state index in [4.69, 9.17) is 8.94 Å². The first kappa shape index (κ1) is 18.9. The van der Waals surface area contributed by atoms with Crippen LogP contribution in [0.4, 0.5) is 5.69 Å². The molecule has 0 fully saturated rings. The first-order chi connectivity index (χ1) is 13.7. The Hall–Kier alpha value is -3.40. The third-order valence-corrected chi connectivity index (χ3v) is 5.81. The molecule has 0 aliphatic heterocycles. The van der Waals surface area contributed by atoms with Crippen molar-refractivity contribution in [3.05, 3.63) is 69.8 Å². The first-order valence-corrected chi connectivity index (χ1v) is 10.2. The molecular formula is C19H18N4O5S. The van der Waals surface area contributed by atoms with Gasteiger partial charge in [0.1, 0.15) is 0 Å².